The highest BCUT2D eigenvalue weighted by molar-refractivity contribution is 5.79. The van der Waals surface area contributed by atoms with Gasteiger partial charge in [0.25, 0.3) is 0 Å². The van der Waals surface area contributed by atoms with Gasteiger partial charge in [0.1, 0.15) is 5.82 Å². The first-order valence-corrected chi connectivity index (χ1v) is 9.97. The van der Waals surface area contributed by atoms with Gasteiger partial charge in [-0.15, -0.1) is 0 Å². The van der Waals surface area contributed by atoms with Crippen LogP contribution in [0.2, 0.25) is 0 Å². The van der Waals surface area contributed by atoms with Crippen molar-refractivity contribution in [3.8, 4) is 0 Å². The van der Waals surface area contributed by atoms with Crippen molar-refractivity contribution < 1.29 is 0 Å². The lowest BCUT2D eigenvalue weighted by molar-refractivity contribution is 0.232. The summed E-state index contributed by atoms with van der Waals surface area (Å²) >= 11 is 0. The number of guanidine groups is 1. The van der Waals surface area contributed by atoms with Crippen molar-refractivity contribution in [3.05, 3.63) is 53.6 Å². The Kier molecular flexibility index (Phi) is 7.27. The number of hydrogen-bond acceptors (Lipinski definition) is 3. The lowest BCUT2D eigenvalue weighted by atomic mass is 10.1. The summed E-state index contributed by atoms with van der Waals surface area (Å²) in [6, 6.07) is 8.67. The monoisotopic (exact) mass is 368 g/mol. The molecule has 1 aromatic heterocycles. The normalized spacial score (nSPS) is 15.7. The van der Waals surface area contributed by atoms with Crippen molar-refractivity contribution in [2.24, 2.45) is 4.99 Å². The number of rotatable bonds is 7. The van der Waals surface area contributed by atoms with E-state index in [1.807, 2.05) is 26.4 Å². The molecular formula is C21H32N6. The molecular weight excluding hydrogens is 336 g/mol. The van der Waals surface area contributed by atoms with Crippen LogP contribution in [0.3, 0.4) is 0 Å². The third-order valence-electron chi connectivity index (χ3n) is 5.12. The minimum atomic E-state index is 0.764. The van der Waals surface area contributed by atoms with Crippen LogP contribution in [0, 0.1) is 6.92 Å². The molecule has 1 aliphatic rings. The number of nitrogens with one attached hydrogen (secondary N) is 2. The first-order chi connectivity index (χ1) is 13.2. The average molecular weight is 369 g/mol. The Hall–Kier alpha value is -2.34. The van der Waals surface area contributed by atoms with Crippen LogP contribution in [0.5, 0.6) is 0 Å². The van der Waals surface area contributed by atoms with Crippen LogP contribution in [0.25, 0.3) is 0 Å². The third-order valence-corrected chi connectivity index (χ3v) is 5.12. The first kappa shape index (κ1) is 19.4. The van der Waals surface area contributed by atoms with Crippen molar-refractivity contribution in [3.63, 3.8) is 0 Å². The standard InChI is InChI=1S/C21H32N6/c1-18-23-10-14-27(18)17-20-8-6-7-19(15-20)16-25-21(22-2)24-9-13-26-11-4-3-5-12-26/h6-8,10,14-15H,3-5,9,11-13,16-17H2,1-2H3,(H2,22,24,25). The Morgan fingerprint density at radius 3 is 2.70 bits per heavy atom. The second kappa shape index (κ2) is 10.1. The summed E-state index contributed by atoms with van der Waals surface area (Å²) in [7, 11) is 1.83. The molecule has 1 aromatic carbocycles. The number of hydrogen-bond donors (Lipinski definition) is 2. The van der Waals surface area contributed by atoms with Gasteiger partial charge in [-0.25, -0.2) is 4.98 Å². The maximum absolute atomic E-state index is 4.34. The van der Waals surface area contributed by atoms with Gasteiger partial charge in [-0.05, 0) is 44.0 Å². The second-order valence-corrected chi connectivity index (χ2v) is 7.18. The number of piperidine rings is 1. The first-order valence-electron chi connectivity index (χ1n) is 9.97. The predicted octanol–water partition coefficient (Wildman–Crippen LogP) is 2.39. The highest BCUT2D eigenvalue weighted by atomic mass is 15.2. The molecule has 0 aliphatic carbocycles. The number of aliphatic imine (C=N–C) groups is 1. The molecule has 1 saturated heterocycles. The maximum Gasteiger partial charge on any atom is 0.191 e. The molecule has 0 unspecified atom stereocenters. The highest BCUT2D eigenvalue weighted by Crippen LogP contribution is 2.09. The fraction of sp³-hybridized carbons (Fsp3) is 0.524. The van der Waals surface area contributed by atoms with Crippen LogP contribution in [-0.2, 0) is 13.1 Å². The van der Waals surface area contributed by atoms with E-state index in [0.29, 0.717) is 0 Å². The molecule has 1 aliphatic heterocycles. The molecule has 0 radical (unpaired) electrons. The maximum atomic E-state index is 4.34. The number of likely N-dealkylation sites (tertiary alicyclic amines) is 1. The molecule has 27 heavy (non-hydrogen) atoms. The fourth-order valence-electron chi connectivity index (χ4n) is 3.53. The second-order valence-electron chi connectivity index (χ2n) is 7.18. The Morgan fingerprint density at radius 1 is 1.15 bits per heavy atom. The van der Waals surface area contributed by atoms with Crippen LogP contribution in [0.1, 0.15) is 36.2 Å². The summed E-state index contributed by atoms with van der Waals surface area (Å²) < 4.78 is 2.16. The molecule has 0 amide bonds. The van der Waals surface area contributed by atoms with E-state index in [2.05, 4.69) is 54.3 Å². The van der Waals surface area contributed by atoms with Crippen LogP contribution in [0.4, 0.5) is 0 Å². The number of imidazole rings is 1. The van der Waals surface area contributed by atoms with Gasteiger partial charge in [0.15, 0.2) is 5.96 Å². The molecule has 0 atom stereocenters. The predicted molar refractivity (Wildman–Crippen MR) is 111 cm³/mol. The van der Waals surface area contributed by atoms with Crippen molar-refractivity contribution in [2.45, 2.75) is 39.3 Å². The molecule has 1 fully saturated rings. The molecule has 2 N–H and O–H groups in total. The lowest BCUT2D eigenvalue weighted by Gasteiger charge is -2.26. The summed E-state index contributed by atoms with van der Waals surface area (Å²) in [5.74, 6) is 1.90. The van der Waals surface area contributed by atoms with Gasteiger partial charge < -0.3 is 20.1 Å². The van der Waals surface area contributed by atoms with E-state index < -0.39 is 0 Å². The van der Waals surface area contributed by atoms with Gasteiger partial charge in [0.05, 0.1) is 0 Å². The summed E-state index contributed by atoms with van der Waals surface area (Å²) in [6.45, 7) is 8.13. The van der Waals surface area contributed by atoms with E-state index >= 15 is 0 Å². The zero-order valence-electron chi connectivity index (χ0n) is 16.6. The largest absolute Gasteiger partial charge is 0.355 e. The topological polar surface area (TPSA) is 57.5 Å². The van der Waals surface area contributed by atoms with Crippen LogP contribution < -0.4 is 10.6 Å². The SMILES string of the molecule is CN=C(NCCN1CCCCC1)NCc1cccc(Cn2ccnc2C)c1. The number of aromatic nitrogens is 2. The number of aryl methyl sites for hydroxylation is 1. The van der Waals surface area contributed by atoms with Gasteiger partial charge in [-0.1, -0.05) is 30.7 Å². The van der Waals surface area contributed by atoms with Gasteiger partial charge in [-0.2, -0.15) is 0 Å². The van der Waals surface area contributed by atoms with Crippen LogP contribution >= 0.6 is 0 Å². The van der Waals surface area contributed by atoms with E-state index in [9.17, 15) is 0 Å². The zero-order valence-corrected chi connectivity index (χ0v) is 16.6. The van der Waals surface area contributed by atoms with Crippen molar-refractivity contribution in [2.75, 3.05) is 33.2 Å². The third kappa shape index (κ3) is 6.10. The smallest absolute Gasteiger partial charge is 0.191 e. The number of benzene rings is 1. The quantitative estimate of drug-likeness (QED) is 0.582. The van der Waals surface area contributed by atoms with Gasteiger partial charge in [-0.3, -0.25) is 4.99 Å². The average Bonchev–Trinajstić information content (AvgIpc) is 3.10. The molecule has 3 rings (SSSR count). The summed E-state index contributed by atoms with van der Waals surface area (Å²) in [5, 5.41) is 6.85. The molecule has 2 heterocycles. The zero-order chi connectivity index (χ0) is 18.9. The summed E-state index contributed by atoms with van der Waals surface area (Å²) in [4.78, 5) is 11.2. The van der Waals surface area contributed by atoms with Gasteiger partial charge in [0.2, 0.25) is 0 Å². The molecule has 6 nitrogen and oxygen atoms in total. The van der Waals surface area contributed by atoms with Crippen LogP contribution in [-0.4, -0.2) is 53.6 Å². The molecule has 2 aromatic rings. The van der Waals surface area contributed by atoms with E-state index in [1.165, 1.54) is 43.5 Å². The van der Waals surface area contributed by atoms with E-state index in [-0.39, 0.29) is 0 Å². The number of nitrogens with zero attached hydrogens (tertiary/aromatic N) is 4. The molecule has 0 bridgehead atoms. The van der Waals surface area contributed by atoms with Crippen molar-refractivity contribution >= 4 is 5.96 Å². The molecule has 0 saturated carbocycles. The lowest BCUT2D eigenvalue weighted by Crippen LogP contribution is -2.42. The Morgan fingerprint density at radius 2 is 1.96 bits per heavy atom. The van der Waals surface area contributed by atoms with E-state index in [0.717, 1.165) is 38.0 Å². The summed E-state index contributed by atoms with van der Waals surface area (Å²) in [5.41, 5.74) is 2.53. The fourth-order valence-corrected chi connectivity index (χ4v) is 3.53. The molecule has 0 spiro atoms. The Bertz CT molecular complexity index is 730. The molecule has 6 heteroatoms. The van der Waals surface area contributed by atoms with Crippen LogP contribution in [0.15, 0.2) is 41.7 Å². The minimum absolute atomic E-state index is 0.764. The van der Waals surface area contributed by atoms with Gasteiger partial charge >= 0.3 is 0 Å². The Balaban J connectivity index is 1.45. The van der Waals surface area contributed by atoms with E-state index in [1.54, 1.807) is 0 Å². The Labute approximate surface area is 162 Å². The molecule has 146 valence electrons. The minimum Gasteiger partial charge on any atom is -0.355 e. The van der Waals surface area contributed by atoms with Crippen molar-refractivity contribution in [1.29, 1.82) is 0 Å². The summed E-state index contributed by atoms with van der Waals surface area (Å²) in [6.07, 6.45) is 7.92. The van der Waals surface area contributed by atoms with Gasteiger partial charge in [0, 0.05) is 45.6 Å². The van der Waals surface area contributed by atoms with Crippen molar-refractivity contribution in [1.82, 2.24) is 25.1 Å². The highest BCUT2D eigenvalue weighted by Gasteiger charge is 2.09. The van der Waals surface area contributed by atoms with E-state index in [4.69, 9.17) is 0 Å².